The minimum absolute atomic E-state index is 0.0863. The van der Waals surface area contributed by atoms with Gasteiger partial charge in [-0.2, -0.15) is 0 Å². The molecular weight excluding hydrogens is 324 g/mol. The molecule has 0 atom stereocenters. The SMILES string of the molecule is O=C(c1ccc(N2CCNCC2)c(Cl)c1)N1CCC(F)(F)CC1. The lowest BCUT2D eigenvalue weighted by Gasteiger charge is -2.32. The smallest absolute Gasteiger partial charge is 0.253 e. The molecule has 7 heteroatoms. The second-order valence-corrected chi connectivity index (χ2v) is 6.46. The molecule has 0 aliphatic carbocycles. The monoisotopic (exact) mass is 343 g/mol. The van der Waals surface area contributed by atoms with E-state index in [1.54, 1.807) is 12.1 Å². The molecule has 0 bridgehead atoms. The van der Waals surface area contributed by atoms with Crippen molar-refractivity contribution in [1.29, 1.82) is 0 Å². The van der Waals surface area contributed by atoms with Crippen LogP contribution in [0, 0.1) is 0 Å². The molecule has 2 fully saturated rings. The Labute approximate surface area is 139 Å². The number of piperazine rings is 1. The molecule has 1 amide bonds. The fourth-order valence-corrected chi connectivity index (χ4v) is 3.32. The number of amides is 1. The van der Waals surface area contributed by atoms with Gasteiger partial charge < -0.3 is 15.1 Å². The third-order valence-electron chi connectivity index (χ3n) is 4.43. The number of carbonyl (C=O) groups is 1. The van der Waals surface area contributed by atoms with Crippen molar-refractivity contribution in [2.45, 2.75) is 18.8 Å². The Morgan fingerprint density at radius 1 is 1.13 bits per heavy atom. The third-order valence-corrected chi connectivity index (χ3v) is 4.74. The predicted octanol–water partition coefficient (Wildman–Crippen LogP) is 2.62. The number of anilines is 1. The number of hydrogen-bond donors (Lipinski definition) is 1. The molecule has 4 nitrogen and oxygen atoms in total. The zero-order valence-electron chi connectivity index (χ0n) is 12.8. The number of alkyl halides is 2. The van der Waals surface area contributed by atoms with E-state index in [9.17, 15) is 13.6 Å². The number of hydrogen-bond acceptors (Lipinski definition) is 3. The first-order valence-corrected chi connectivity index (χ1v) is 8.26. The van der Waals surface area contributed by atoms with Crippen molar-refractivity contribution in [3.63, 3.8) is 0 Å². The zero-order chi connectivity index (χ0) is 16.4. The van der Waals surface area contributed by atoms with Crippen molar-refractivity contribution < 1.29 is 13.6 Å². The van der Waals surface area contributed by atoms with Crippen LogP contribution >= 0.6 is 11.6 Å². The average Bonchev–Trinajstić information content (AvgIpc) is 2.55. The van der Waals surface area contributed by atoms with Gasteiger partial charge in [-0.15, -0.1) is 0 Å². The quantitative estimate of drug-likeness (QED) is 0.896. The molecule has 2 aliphatic rings. The zero-order valence-corrected chi connectivity index (χ0v) is 13.6. The molecule has 1 aromatic rings. The largest absolute Gasteiger partial charge is 0.368 e. The van der Waals surface area contributed by atoms with Gasteiger partial charge in [-0.05, 0) is 18.2 Å². The highest BCUT2D eigenvalue weighted by Crippen LogP contribution is 2.30. The van der Waals surface area contributed by atoms with E-state index in [1.807, 2.05) is 6.07 Å². The van der Waals surface area contributed by atoms with Crippen LogP contribution in [0.4, 0.5) is 14.5 Å². The van der Waals surface area contributed by atoms with Gasteiger partial charge in [-0.3, -0.25) is 4.79 Å². The van der Waals surface area contributed by atoms with Crippen LogP contribution in [0.3, 0.4) is 0 Å². The highest BCUT2D eigenvalue weighted by atomic mass is 35.5. The Morgan fingerprint density at radius 2 is 1.78 bits per heavy atom. The number of halogens is 3. The van der Waals surface area contributed by atoms with Crippen LogP contribution in [0.25, 0.3) is 0 Å². The van der Waals surface area contributed by atoms with Gasteiger partial charge in [0.25, 0.3) is 11.8 Å². The van der Waals surface area contributed by atoms with Gasteiger partial charge in [0.2, 0.25) is 0 Å². The molecule has 0 saturated carbocycles. The van der Waals surface area contributed by atoms with Crippen LogP contribution in [-0.4, -0.2) is 56.0 Å². The molecule has 1 N–H and O–H groups in total. The first-order valence-electron chi connectivity index (χ1n) is 7.89. The summed E-state index contributed by atoms with van der Waals surface area (Å²) in [6, 6.07) is 5.23. The van der Waals surface area contributed by atoms with Crippen molar-refractivity contribution >= 4 is 23.2 Å². The number of nitrogens with zero attached hydrogens (tertiary/aromatic N) is 2. The van der Waals surface area contributed by atoms with E-state index < -0.39 is 5.92 Å². The molecule has 2 heterocycles. The van der Waals surface area contributed by atoms with E-state index in [4.69, 9.17) is 11.6 Å². The van der Waals surface area contributed by atoms with Crippen LogP contribution in [0.15, 0.2) is 18.2 Å². The fraction of sp³-hybridized carbons (Fsp3) is 0.562. The first-order chi connectivity index (χ1) is 11.0. The highest BCUT2D eigenvalue weighted by molar-refractivity contribution is 6.33. The van der Waals surface area contributed by atoms with Crippen molar-refractivity contribution in [1.82, 2.24) is 10.2 Å². The van der Waals surface area contributed by atoms with Crippen molar-refractivity contribution in [3.8, 4) is 0 Å². The normalized spacial score (nSPS) is 21.3. The van der Waals surface area contributed by atoms with Crippen molar-refractivity contribution in [2.24, 2.45) is 0 Å². The van der Waals surface area contributed by atoms with E-state index in [-0.39, 0.29) is 31.8 Å². The molecule has 126 valence electrons. The minimum Gasteiger partial charge on any atom is -0.368 e. The molecule has 2 aliphatic heterocycles. The average molecular weight is 344 g/mol. The maximum absolute atomic E-state index is 13.2. The third kappa shape index (κ3) is 3.75. The lowest BCUT2D eigenvalue weighted by Crippen LogP contribution is -2.44. The van der Waals surface area contributed by atoms with Crippen LogP contribution in [0.2, 0.25) is 5.02 Å². The van der Waals surface area contributed by atoms with Gasteiger partial charge in [-0.1, -0.05) is 11.6 Å². The molecule has 0 aromatic heterocycles. The van der Waals surface area contributed by atoms with Gasteiger partial charge in [0, 0.05) is 57.7 Å². The Bertz CT molecular complexity index is 581. The summed E-state index contributed by atoms with van der Waals surface area (Å²) in [6.07, 6.45) is -0.545. The molecule has 0 radical (unpaired) electrons. The van der Waals surface area contributed by atoms with E-state index >= 15 is 0 Å². The van der Waals surface area contributed by atoms with Crippen LogP contribution in [0.5, 0.6) is 0 Å². The number of benzene rings is 1. The van der Waals surface area contributed by atoms with E-state index in [2.05, 4.69) is 10.2 Å². The second kappa shape index (κ2) is 6.61. The second-order valence-electron chi connectivity index (χ2n) is 6.05. The minimum atomic E-state index is -2.65. The van der Waals surface area contributed by atoms with Gasteiger partial charge in [0.05, 0.1) is 10.7 Å². The summed E-state index contributed by atoms with van der Waals surface area (Å²) >= 11 is 6.34. The summed E-state index contributed by atoms with van der Waals surface area (Å²) in [5.74, 6) is -2.88. The molecule has 1 aromatic carbocycles. The predicted molar refractivity (Wildman–Crippen MR) is 86.6 cm³/mol. The Kier molecular flexibility index (Phi) is 4.73. The summed E-state index contributed by atoms with van der Waals surface area (Å²) in [5.41, 5.74) is 1.37. The lowest BCUT2D eigenvalue weighted by atomic mass is 10.1. The number of piperidine rings is 1. The number of rotatable bonds is 2. The Hall–Kier alpha value is -1.40. The van der Waals surface area contributed by atoms with E-state index in [1.165, 1.54) is 4.90 Å². The number of carbonyl (C=O) groups excluding carboxylic acids is 1. The van der Waals surface area contributed by atoms with Gasteiger partial charge in [0.15, 0.2) is 0 Å². The van der Waals surface area contributed by atoms with Crippen LogP contribution < -0.4 is 10.2 Å². The van der Waals surface area contributed by atoms with E-state index in [0.717, 1.165) is 31.9 Å². The standard InChI is InChI=1S/C16H20ClF2N3O/c17-13-11-12(1-2-14(13)21-9-5-20-6-10-21)15(23)22-7-3-16(18,19)4-8-22/h1-2,11,20H,3-10H2. The Balaban J connectivity index is 1.71. The van der Waals surface area contributed by atoms with Crippen LogP contribution in [-0.2, 0) is 0 Å². The fourth-order valence-electron chi connectivity index (χ4n) is 3.02. The summed E-state index contributed by atoms with van der Waals surface area (Å²) in [7, 11) is 0. The van der Waals surface area contributed by atoms with Gasteiger partial charge in [0.1, 0.15) is 0 Å². The molecule has 0 spiro atoms. The van der Waals surface area contributed by atoms with Crippen molar-refractivity contribution in [2.75, 3.05) is 44.2 Å². The molecular formula is C16H20ClF2N3O. The van der Waals surface area contributed by atoms with Gasteiger partial charge >= 0.3 is 0 Å². The molecule has 2 saturated heterocycles. The van der Waals surface area contributed by atoms with E-state index in [0.29, 0.717) is 10.6 Å². The topological polar surface area (TPSA) is 35.6 Å². The maximum Gasteiger partial charge on any atom is 0.253 e. The highest BCUT2D eigenvalue weighted by Gasteiger charge is 2.35. The summed E-state index contributed by atoms with van der Waals surface area (Å²) in [5, 5.41) is 3.80. The molecule has 0 unspecified atom stereocenters. The van der Waals surface area contributed by atoms with Crippen LogP contribution in [0.1, 0.15) is 23.2 Å². The Morgan fingerprint density at radius 3 is 2.39 bits per heavy atom. The molecule has 23 heavy (non-hydrogen) atoms. The number of nitrogens with one attached hydrogen (secondary N) is 1. The maximum atomic E-state index is 13.2. The summed E-state index contributed by atoms with van der Waals surface area (Å²) in [4.78, 5) is 16.1. The van der Waals surface area contributed by atoms with Gasteiger partial charge in [-0.25, -0.2) is 8.78 Å². The van der Waals surface area contributed by atoms with Crippen molar-refractivity contribution in [3.05, 3.63) is 28.8 Å². The molecule has 3 rings (SSSR count). The first kappa shape index (κ1) is 16.5. The summed E-state index contributed by atoms with van der Waals surface area (Å²) < 4.78 is 26.4. The lowest BCUT2D eigenvalue weighted by molar-refractivity contribution is -0.0494. The summed E-state index contributed by atoms with van der Waals surface area (Å²) in [6.45, 7) is 3.71. The number of likely N-dealkylation sites (tertiary alicyclic amines) is 1.